The summed E-state index contributed by atoms with van der Waals surface area (Å²) in [6, 6.07) is 21.7. The minimum Gasteiger partial charge on any atom is -0.411 e. The van der Waals surface area contributed by atoms with Crippen molar-refractivity contribution in [1.29, 1.82) is 0 Å². The van der Waals surface area contributed by atoms with Gasteiger partial charge in [-0.15, -0.1) is 0 Å². The number of rotatable bonds is 3. The highest BCUT2D eigenvalue weighted by molar-refractivity contribution is 5.88. The van der Waals surface area contributed by atoms with Gasteiger partial charge in [0.15, 0.2) is 0 Å². The molecule has 1 aliphatic rings. The quantitative estimate of drug-likeness (QED) is 0.661. The first kappa shape index (κ1) is 15.8. The maximum Gasteiger partial charge on any atom is 0.121 e. The highest BCUT2D eigenvalue weighted by Crippen LogP contribution is 2.34. The van der Waals surface area contributed by atoms with Crippen LogP contribution in [0.1, 0.15) is 43.5 Å². The molecule has 3 heteroatoms. The Labute approximate surface area is 138 Å². The Kier molecular flexibility index (Phi) is 4.77. The molecule has 2 aromatic carbocycles. The number of piperidine rings is 1. The molecule has 1 aliphatic heterocycles. The first-order valence-corrected chi connectivity index (χ1v) is 8.36. The second-order valence-corrected chi connectivity index (χ2v) is 6.71. The van der Waals surface area contributed by atoms with Crippen LogP contribution >= 0.6 is 0 Å². The molecule has 3 atom stereocenters. The smallest absolute Gasteiger partial charge is 0.121 e. The molecule has 1 heterocycles. The topological polar surface area (TPSA) is 49.2 Å². The third-order valence-electron chi connectivity index (χ3n) is 4.90. The zero-order chi connectivity index (χ0) is 16.2. The van der Waals surface area contributed by atoms with Gasteiger partial charge in [-0.25, -0.2) is 0 Å². The highest BCUT2D eigenvalue weighted by atomic mass is 16.4. The summed E-state index contributed by atoms with van der Waals surface area (Å²) in [5.41, 5.74) is 3.51. The standard InChI is InChI=1S/C20H24N2O/c1-14(2)19-18(22-23)13-17(15-9-5-3-6-10-15)21-20(19)16-11-7-4-8-12-16/h3-12,14,17,19-21,23H,13H2,1-2H3/p+1/b22-18+/t17-,19+,20-/m0/s1. The second kappa shape index (κ2) is 6.97. The van der Waals surface area contributed by atoms with Crippen molar-refractivity contribution in [3.05, 3.63) is 71.8 Å². The molecule has 3 rings (SSSR count). The Morgan fingerprint density at radius 2 is 1.52 bits per heavy atom. The number of oxime groups is 1. The minimum absolute atomic E-state index is 0.252. The van der Waals surface area contributed by atoms with Crippen LogP contribution in [0.3, 0.4) is 0 Å². The fourth-order valence-corrected chi connectivity index (χ4v) is 3.84. The third kappa shape index (κ3) is 3.30. The molecule has 3 N–H and O–H groups in total. The Balaban J connectivity index is 1.98. The van der Waals surface area contributed by atoms with E-state index in [2.05, 4.69) is 72.9 Å². The van der Waals surface area contributed by atoms with Crippen molar-refractivity contribution in [2.45, 2.75) is 32.4 Å². The van der Waals surface area contributed by atoms with Gasteiger partial charge >= 0.3 is 0 Å². The molecular formula is C20H25N2O+. The summed E-state index contributed by atoms with van der Waals surface area (Å²) in [5, 5.41) is 15.8. The van der Waals surface area contributed by atoms with E-state index in [9.17, 15) is 5.21 Å². The van der Waals surface area contributed by atoms with Crippen molar-refractivity contribution in [2.75, 3.05) is 0 Å². The average Bonchev–Trinajstić information content (AvgIpc) is 2.62. The van der Waals surface area contributed by atoms with Crippen molar-refractivity contribution >= 4 is 5.71 Å². The van der Waals surface area contributed by atoms with E-state index < -0.39 is 0 Å². The molecule has 0 bridgehead atoms. The maximum atomic E-state index is 9.61. The summed E-state index contributed by atoms with van der Waals surface area (Å²) >= 11 is 0. The normalized spacial score (nSPS) is 26.6. The average molecular weight is 309 g/mol. The predicted molar refractivity (Wildman–Crippen MR) is 92.5 cm³/mol. The Bertz CT molecular complexity index is 652. The molecule has 1 fully saturated rings. The molecule has 0 amide bonds. The fourth-order valence-electron chi connectivity index (χ4n) is 3.84. The number of hydrogen-bond donors (Lipinski definition) is 2. The molecule has 0 aromatic heterocycles. The first-order chi connectivity index (χ1) is 11.2. The minimum atomic E-state index is 0.252. The summed E-state index contributed by atoms with van der Waals surface area (Å²) < 4.78 is 0. The van der Waals surface area contributed by atoms with Crippen LogP contribution in [0.15, 0.2) is 65.8 Å². The number of hydrogen-bond acceptors (Lipinski definition) is 2. The molecule has 23 heavy (non-hydrogen) atoms. The van der Waals surface area contributed by atoms with Gasteiger partial charge in [0.25, 0.3) is 0 Å². The van der Waals surface area contributed by atoms with Crippen molar-refractivity contribution in [3.8, 4) is 0 Å². The lowest BCUT2D eigenvalue weighted by Gasteiger charge is -2.37. The highest BCUT2D eigenvalue weighted by Gasteiger charge is 2.41. The molecular weight excluding hydrogens is 284 g/mol. The van der Waals surface area contributed by atoms with Crippen LogP contribution in [-0.2, 0) is 0 Å². The van der Waals surface area contributed by atoms with E-state index in [1.807, 2.05) is 12.1 Å². The lowest BCUT2D eigenvalue weighted by Crippen LogP contribution is -2.90. The molecule has 2 aromatic rings. The molecule has 0 saturated carbocycles. The lowest BCUT2D eigenvalue weighted by atomic mass is 9.75. The number of nitrogens with two attached hydrogens (primary N) is 1. The van der Waals surface area contributed by atoms with Crippen molar-refractivity contribution < 1.29 is 10.5 Å². The Hall–Kier alpha value is -2.13. The van der Waals surface area contributed by atoms with E-state index in [0.717, 1.165) is 12.1 Å². The summed E-state index contributed by atoms with van der Waals surface area (Å²) in [7, 11) is 0. The van der Waals surface area contributed by atoms with E-state index in [1.165, 1.54) is 11.1 Å². The van der Waals surface area contributed by atoms with Gasteiger partial charge in [-0.2, -0.15) is 0 Å². The summed E-state index contributed by atoms with van der Waals surface area (Å²) in [6.07, 6.45) is 0.798. The van der Waals surface area contributed by atoms with Crippen LogP contribution in [0.25, 0.3) is 0 Å². The first-order valence-electron chi connectivity index (χ1n) is 8.36. The van der Waals surface area contributed by atoms with Gasteiger partial charge in [0, 0.05) is 17.5 Å². The predicted octanol–water partition coefficient (Wildman–Crippen LogP) is 3.54. The van der Waals surface area contributed by atoms with Crippen molar-refractivity contribution in [2.24, 2.45) is 17.0 Å². The van der Waals surface area contributed by atoms with Crippen LogP contribution in [0.4, 0.5) is 0 Å². The van der Waals surface area contributed by atoms with Gasteiger partial charge in [0.1, 0.15) is 12.1 Å². The molecule has 1 saturated heterocycles. The van der Waals surface area contributed by atoms with Crippen LogP contribution in [0.5, 0.6) is 0 Å². The molecule has 120 valence electrons. The molecule has 0 aliphatic carbocycles. The van der Waals surface area contributed by atoms with Crippen molar-refractivity contribution in [1.82, 2.24) is 0 Å². The van der Waals surface area contributed by atoms with E-state index >= 15 is 0 Å². The van der Waals surface area contributed by atoms with Crippen LogP contribution in [0, 0.1) is 11.8 Å². The number of quaternary nitrogens is 1. The van der Waals surface area contributed by atoms with E-state index in [4.69, 9.17) is 0 Å². The van der Waals surface area contributed by atoms with Gasteiger partial charge < -0.3 is 10.5 Å². The van der Waals surface area contributed by atoms with Crippen molar-refractivity contribution in [3.63, 3.8) is 0 Å². The van der Waals surface area contributed by atoms with E-state index in [1.54, 1.807) is 0 Å². The van der Waals surface area contributed by atoms with Gasteiger partial charge in [0.2, 0.25) is 0 Å². The zero-order valence-electron chi connectivity index (χ0n) is 13.8. The van der Waals surface area contributed by atoms with Crippen LogP contribution in [0.2, 0.25) is 0 Å². The summed E-state index contributed by atoms with van der Waals surface area (Å²) in [5.74, 6) is 0.682. The van der Waals surface area contributed by atoms with Gasteiger partial charge in [0.05, 0.1) is 11.6 Å². The zero-order valence-corrected chi connectivity index (χ0v) is 13.8. The largest absolute Gasteiger partial charge is 0.411 e. The van der Waals surface area contributed by atoms with Gasteiger partial charge in [-0.05, 0) is 5.92 Å². The number of nitrogens with zero attached hydrogens (tertiary/aromatic N) is 1. The monoisotopic (exact) mass is 309 g/mol. The second-order valence-electron chi connectivity index (χ2n) is 6.71. The molecule has 3 nitrogen and oxygen atoms in total. The van der Waals surface area contributed by atoms with Crippen LogP contribution < -0.4 is 5.32 Å². The van der Waals surface area contributed by atoms with Gasteiger partial charge in [-0.3, -0.25) is 0 Å². The van der Waals surface area contributed by atoms with E-state index in [0.29, 0.717) is 12.0 Å². The molecule has 0 radical (unpaired) electrons. The van der Waals surface area contributed by atoms with E-state index in [-0.39, 0.29) is 12.0 Å². The van der Waals surface area contributed by atoms with Gasteiger partial charge in [-0.1, -0.05) is 79.7 Å². The lowest BCUT2D eigenvalue weighted by molar-refractivity contribution is -0.743. The maximum absolute atomic E-state index is 9.61. The molecule has 0 spiro atoms. The summed E-state index contributed by atoms with van der Waals surface area (Å²) in [6.45, 7) is 4.42. The Morgan fingerprint density at radius 3 is 2.04 bits per heavy atom. The Morgan fingerprint density at radius 1 is 0.957 bits per heavy atom. The third-order valence-corrected chi connectivity index (χ3v) is 4.90. The summed E-state index contributed by atoms with van der Waals surface area (Å²) in [4.78, 5) is 0. The fraction of sp³-hybridized carbons (Fsp3) is 0.350. The van der Waals surface area contributed by atoms with Crippen LogP contribution in [-0.4, -0.2) is 10.9 Å². The molecule has 0 unspecified atom stereocenters. The number of benzene rings is 2. The SMILES string of the molecule is CC(C)[C@@H]1/C(=N/O)C[C@@H](c2ccccc2)[NH2+][C@H]1c1ccccc1.